The molecule has 28 heavy (non-hydrogen) atoms. The molecule has 2 heteroatoms. The van der Waals surface area contributed by atoms with Crippen molar-refractivity contribution in [2.24, 2.45) is 0 Å². The van der Waals surface area contributed by atoms with Crippen LogP contribution in [0.1, 0.15) is 137 Å². The first-order valence-corrected chi connectivity index (χ1v) is 12.6. The third kappa shape index (κ3) is 10.6. The summed E-state index contributed by atoms with van der Waals surface area (Å²) in [6, 6.07) is 0. The largest absolute Gasteiger partial charge is 0.378 e. The third-order valence-electron chi connectivity index (χ3n) is 7.12. The molecule has 168 valence electrons. The zero-order valence-electron chi connectivity index (χ0n) is 20.5. The van der Waals surface area contributed by atoms with Crippen molar-refractivity contribution in [2.45, 2.75) is 155 Å². The van der Waals surface area contributed by atoms with Gasteiger partial charge in [0.05, 0.1) is 6.10 Å². The Kier molecular flexibility index (Phi) is 13.0. The second-order valence-corrected chi connectivity index (χ2v) is 10.7. The van der Waals surface area contributed by atoms with E-state index in [-0.39, 0.29) is 11.1 Å². The minimum Gasteiger partial charge on any atom is -0.378 e. The van der Waals surface area contributed by atoms with Crippen LogP contribution >= 0.6 is 0 Å². The van der Waals surface area contributed by atoms with E-state index in [0.717, 1.165) is 19.4 Å². The molecule has 1 fully saturated rings. The van der Waals surface area contributed by atoms with Crippen molar-refractivity contribution in [3.8, 4) is 0 Å². The van der Waals surface area contributed by atoms with E-state index in [1.165, 1.54) is 89.9 Å². The molecule has 0 N–H and O–H groups in total. The van der Waals surface area contributed by atoms with Crippen molar-refractivity contribution in [1.82, 2.24) is 4.90 Å². The Morgan fingerprint density at radius 1 is 0.643 bits per heavy atom. The Hall–Kier alpha value is -0.0800. The lowest BCUT2D eigenvalue weighted by Gasteiger charge is -2.53. The van der Waals surface area contributed by atoms with Crippen molar-refractivity contribution < 1.29 is 4.74 Å². The van der Waals surface area contributed by atoms with Crippen LogP contribution in [0.3, 0.4) is 0 Å². The fourth-order valence-electron chi connectivity index (χ4n) is 4.94. The summed E-state index contributed by atoms with van der Waals surface area (Å²) >= 11 is 0. The monoisotopic (exact) mass is 395 g/mol. The molecule has 1 aliphatic heterocycles. The van der Waals surface area contributed by atoms with Gasteiger partial charge in [0, 0.05) is 17.7 Å². The van der Waals surface area contributed by atoms with Gasteiger partial charge in [0.1, 0.15) is 0 Å². The molecule has 1 rings (SSSR count). The minimum atomic E-state index is 0.238. The van der Waals surface area contributed by atoms with Gasteiger partial charge >= 0.3 is 0 Å². The number of piperidine rings is 1. The van der Waals surface area contributed by atoms with Crippen LogP contribution in [-0.4, -0.2) is 35.7 Å². The molecule has 0 aromatic heterocycles. The van der Waals surface area contributed by atoms with Crippen molar-refractivity contribution in [3.05, 3.63) is 0 Å². The Bertz CT molecular complexity index is 359. The highest BCUT2D eigenvalue weighted by Gasteiger charge is 2.43. The Morgan fingerprint density at radius 2 is 1.00 bits per heavy atom. The quantitative estimate of drug-likeness (QED) is 0.244. The van der Waals surface area contributed by atoms with E-state index in [0.29, 0.717) is 6.10 Å². The zero-order valence-corrected chi connectivity index (χ0v) is 20.5. The van der Waals surface area contributed by atoms with Crippen LogP contribution in [-0.2, 0) is 4.74 Å². The maximum atomic E-state index is 6.28. The molecule has 1 aliphatic rings. The molecule has 1 heterocycles. The standard InChI is InChI=1S/C26H53NO/c1-7-8-9-10-11-12-13-14-15-16-17-18-19-20-21-28-24-22-25(2,3)27(6)26(4,5)23-24/h24H,7-23H2,1-6H3. The van der Waals surface area contributed by atoms with Gasteiger partial charge in [0.15, 0.2) is 0 Å². The molecule has 0 saturated carbocycles. The number of likely N-dealkylation sites (tertiary alicyclic amines) is 1. The maximum absolute atomic E-state index is 6.28. The molecule has 2 nitrogen and oxygen atoms in total. The van der Waals surface area contributed by atoms with E-state index >= 15 is 0 Å². The van der Waals surface area contributed by atoms with E-state index in [1.54, 1.807) is 0 Å². The van der Waals surface area contributed by atoms with Gasteiger partial charge in [-0.05, 0) is 54.0 Å². The Labute approximate surface area is 178 Å². The molecule has 0 bridgehead atoms. The maximum Gasteiger partial charge on any atom is 0.0610 e. The van der Waals surface area contributed by atoms with Gasteiger partial charge in [-0.15, -0.1) is 0 Å². The number of ether oxygens (including phenoxy) is 1. The normalized spacial score (nSPS) is 19.9. The second-order valence-electron chi connectivity index (χ2n) is 10.7. The van der Waals surface area contributed by atoms with Gasteiger partial charge in [-0.3, -0.25) is 4.90 Å². The van der Waals surface area contributed by atoms with Crippen LogP contribution in [0, 0.1) is 0 Å². The summed E-state index contributed by atoms with van der Waals surface area (Å²) in [6.07, 6.45) is 22.6. The summed E-state index contributed by atoms with van der Waals surface area (Å²) in [5.41, 5.74) is 0.476. The smallest absolute Gasteiger partial charge is 0.0610 e. The van der Waals surface area contributed by atoms with Gasteiger partial charge in [-0.25, -0.2) is 0 Å². The van der Waals surface area contributed by atoms with E-state index < -0.39 is 0 Å². The van der Waals surface area contributed by atoms with Gasteiger partial charge in [-0.1, -0.05) is 90.4 Å². The highest BCUT2D eigenvalue weighted by molar-refractivity contribution is 4.98. The topological polar surface area (TPSA) is 12.5 Å². The summed E-state index contributed by atoms with van der Waals surface area (Å²) in [5.74, 6) is 0. The number of nitrogens with zero attached hydrogens (tertiary/aromatic N) is 1. The molecule has 0 amide bonds. The third-order valence-corrected chi connectivity index (χ3v) is 7.12. The summed E-state index contributed by atoms with van der Waals surface area (Å²) in [5, 5.41) is 0. The second kappa shape index (κ2) is 14.0. The summed E-state index contributed by atoms with van der Waals surface area (Å²) < 4.78 is 6.28. The molecule has 0 aromatic rings. The predicted octanol–water partition coefficient (Wildman–Crippen LogP) is 8.14. The number of hydrogen-bond donors (Lipinski definition) is 0. The highest BCUT2D eigenvalue weighted by Crippen LogP contribution is 2.38. The van der Waals surface area contributed by atoms with Crippen molar-refractivity contribution in [3.63, 3.8) is 0 Å². The van der Waals surface area contributed by atoms with Gasteiger partial charge in [-0.2, -0.15) is 0 Å². The van der Waals surface area contributed by atoms with Gasteiger partial charge in [0.25, 0.3) is 0 Å². The predicted molar refractivity (Wildman–Crippen MR) is 125 cm³/mol. The van der Waals surface area contributed by atoms with Crippen molar-refractivity contribution in [2.75, 3.05) is 13.7 Å². The van der Waals surface area contributed by atoms with E-state index in [4.69, 9.17) is 4.74 Å². The summed E-state index contributed by atoms with van der Waals surface area (Å²) in [6.45, 7) is 12.7. The zero-order chi connectivity index (χ0) is 20.9. The highest BCUT2D eigenvalue weighted by atomic mass is 16.5. The van der Waals surface area contributed by atoms with Crippen molar-refractivity contribution >= 4 is 0 Å². The molecule has 0 spiro atoms. The molecule has 0 aliphatic carbocycles. The average Bonchev–Trinajstić information content (AvgIpc) is 2.62. The molecule has 0 radical (unpaired) electrons. The van der Waals surface area contributed by atoms with Gasteiger partial charge in [0.2, 0.25) is 0 Å². The lowest BCUT2D eigenvalue weighted by atomic mass is 9.79. The molecule has 0 atom stereocenters. The SMILES string of the molecule is CCCCCCCCCCCCCCCCOC1CC(C)(C)N(C)C(C)(C)C1. The molecule has 1 saturated heterocycles. The molecular weight excluding hydrogens is 342 g/mol. The fraction of sp³-hybridized carbons (Fsp3) is 1.00. The van der Waals surface area contributed by atoms with Crippen LogP contribution in [0.4, 0.5) is 0 Å². The van der Waals surface area contributed by atoms with Gasteiger partial charge < -0.3 is 4.74 Å². The van der Waals surface area contributed by atoms with E-state index in [2.05, 4.69) is 46.6 Å². The van der Waals surface area contributed by atoms with Crippen LogP contribution < -0.4 is 0 Å². The fourth-order valence-corrected chi connectivity index (χ4v) is 4.94. The first kappa shape index (κ1) is 26.0. The molecule has 0 unspecified atom stereocenters. The average molecular weight is 396 g/mol. The summed E-state index contributed by atoms with van der Waals surface area (Å²) in [4.78, 5) is 2.53. The van der Waals surface area contributed by atoms with Crippen LogP contribution in [0.25, 0.3) is 0 Å². The van der Waals surface area contributed by atoms with Crippen LogP contribution in [0.2, 0.25) is 0 Å². The first-order valence-electron chi connectivity index (χ1n) is 12.6. The molecule has 0 aromatic carbocycles. The number of unbranched alkanes of at least 4 members (excludes halogenated alkanes) is 13. The lowest BCUT2D eigenvalue weighted by Crippen LogP contribution is -2.60. The molecular formula is C26H53NO. The Balaban J connectivity index is 1.91. The van der Waals surface area contributed by atoms with Crippen molar-refractivity contribution in [1.29, 1.82) is 0 Å². The van der Waals surface area contributed by atoms with Crippen LogP contribution in [0.15, 0.2) is 0 Å². The van der Waals surface area contributed by atoms with E-state index in [9.17, 15) is 0 Å². The summed E-state index contributed by atoms with van der Waals surface area (Å²) in [7, 11) is 2.27. The van der Waals surface area contributed by atoms with E-state index in [1.807, 2.05) is 0 Å². The first-order chi connectivity index (χ1) is 13.3. The minimum absolute atomic E-state index is 0.238. The lowest BCUT2D eigenvalue weighted by molar-refractivity contribution is -0.0918. The number of hydrogen-bond acceptors (Lipinski definition) is 2. The Morgan fingerprint density at radius 3 is 1.39 bits per heavy atom. The number of rotatable bonds is 16. The van der Waals surface area contributed by atoms with Crippen LogP contribution in [0.5, 0.6) is 0 Å².